The molecule has 0 bridgehead atoms. The summed E-state index contributed by atoms with van der Waals surface area (Å²) in [6.07, 6.45) is 10.3. The van der Waals surface area contributed by atoms with Gasteiger partial charge in [0.05, 0.1) is 11.8 Å². The van der Waals surface area contributed by atoms with Gasteiger partial charge in [0.15, 0.2) is 11.8 Å². The van der Waals surface area contributed by atoms with Gasteiger partial charge < -0.3 is 10.1 Å². The van der Waals surface area contributed by atoms with Crippen LogP contribution in [0.2, 0.25) is 0 Å². The minimum atomic E-state index is -0.723. The predicted molar refractivity (Wildman–Crippen MR) is 187 cm³/mol. The molecule has 4 rings (SSSR count). The number of carbonyl (C=O) groups is 3. The van der Waals surface area contributed by atoms with E-state index in [-0.39, 0.29) is 29.0 Å². The molecule has 1 heterocycles. The molecule has 3 amide bonds. The summed E-state index contributed by atoms with van der Waals surface area (Å²) in [5, 5.41) is 12.1. The lowest BCUT2D eigenvalue weighted by Gasteiger charge is -2.28. The number of amidine groups is 1. The molecule has 0 aliphatic carbocycles. The van der Waals surface area contributed by atoms with Crippen molar-refractivity contribution < 1.29 is 19.1 Å². The molecule has 0 spiro atoms. The third-order valence-electron chi connectivity index (χ3n) is 6.96. The van der Waals surface area contributed by atoms with Crippen molar-refractivity contribution >= 4 is 40.7 Å². The highest BCUT2D eigenvalue weighted by atomic mass is 32.2. The normalized spacial score (nSPS) is 14.2. The second kappa shape index (κ2) is 17.1. The van der Waals surface area contributed by atoms with Gasteiger partial charge in [-0.2, -0.15) is 10.3 Å². The molecule has 0 saturated heterocycles. The van der Waals surface area contributed by atoms with Crippen LogP contribution in [0.1, 0.15) is 35.2 Å². The van der Waals surface area contributed by atoms with E-state index < -0.39 is 17.9 Å². The predicted octanol–water partition coefficient (Wildman–Crippen LogP) is 6.71. The van der Waals surface area contributed by atoms with Gasteiger partial charge in [0.1, 0.15) is 17.4 Å². The number of hydrogen-bond acceptors (Lipinski definition) is 6. The standard InChI is InChI=1S/C38H34N4O4S/c1-4-7-19-31(6-3)42-37(45)32(25-27-20-21-33(46-23-22-39)30(24-27)14-5-2)36(44)41-38(42)47-26-34(43)40-35(28-15-10-8-11-16-28)29-17-12-9-13-18-29/h4-13,15-21,24-25,35H,1-2,14,23,26H2,3H3,(H,40,43)/b19-7-,31-6+,32-25+. The van der Waals surface area contributed by atoms with Gasteiger partial charge in [0, 0.05) is 5.70 Å². The fraction of sp³-hybridized carbons (Fsp3) is 0.132. The van der Waals surface area contributed by atoms with Crippen molar-refractivity contribution in [1.82, 2.24) is 10.2 Å². The lowest BCUT2D eigenvalue weighted by atomic mass is 9.99. The first-order valence-electron chi connectivity index (χ1n) is 14.8. The summed E-state index contributed by atoms with van der Waals surface area (Å²) in [5.74, 6) is -1.19. The number of nitrogens with zero attached hydrogens (tertiary/aromatic N) is 3. The molecule has 236 valence electrons. The molecule has 1 aliphatic heterocycles. The Morgan fingerprint density at radius 1 is 1.06 bits per heavy atom. The monoisotopic (exact) mass is 642 g/mol. The summed E-state index contributed by atoms with van der Waals surface area (Å²) in [6.45, 7) is 9.13. The number of ether oxygens (including phenoxy) is 1. The summed E-state index contributed by atoms with van der Waals surface area (Å²) < 4.78 is 5.51. The van der Waals surface area contributed by atoms with Gasteiger partial charge >= 0.3 is 0 Å². The summed E-state index contributed by atoms with van der Waals surface area (Å²) >= 11 is 0.998. The van der Waals surface area contributed by atoms with Crippen LogP contribution in [-0.2, 0) is 20.8 Å². The van der Waals surface area contributed by atoms with Gasteiger partial charge in [-0.3, -0.25) is 19.3 Å². The van der Waals surface area contributed by atoms with Crippen molar-refractivity contribution in [3.63, 3.8) is 0 Å². The molecule has 0 fully saturated rings. The Labute approximate surface area is 279 Å². The summed E-state index contributed by atoms with van der Waals surface area (Å²) in [4.78, 5) is 46.3. The van der Waals surface area contributed by atoms with Crippen molar-refractivity contribution in [2.24, 2.45) is 4.99 Å². The number of aliphatic imine (C=N–C) groups is 1. The number of amides is 3. The van der Waals surface area contributed by atoms with Crippen LogP contribution in [0, 0.1) is 11.3 Å². The van der Waals surface area contributed by atoms with Gasteiger partial charge in [0.2, 0.25) is 5.91 Å². The number of nitriles is 1. The molecule has 47 heavy (non-hydrogen) atoms. The van der Waals surface area contributed by atoms with Crippen LogP contribution in [0.25, 0.3) is 6.08 Å². The molecular formula is C38H34N4O4S. The Hall–Kier alpha value is -5.72. The average molecular weight is 643 g/mol. The summed E-state index contributed by atoms with van der Waals surface area (Å²) in [6, 6.07) is 26.0. The number of nitrogens with one attached hydrogen (secondary N) is 1. The first kappa shape index (κ1) is 34.2. The third-order valence-corrected chi connectivity index (χ3v) is 7.90. The zero-order chi connectivity index (χ0) is 33.6. The fourth-order valence-corrected chi connectivity index (χ4v) is 5.62. The largest absolute Gasteiger partial charge is 0.478 e. The van der Waals surface area contributed by atoms with E-state index in [2.05, 4.69) is 23.5 Å². The van der Waals surface area contributed by atoms with Crippen LogP contribution in [0.15, 0.2) is 139 Å². The van der Waals surface area contributed by atoms with E-state index in [1.165, 1.54) is 11.0 Å². The van der Waals surface area contributed by atoms with Crippen LogP contribution in [0.3, 0.4) is 0 Å². The first-order valence-corrected chi connectivity index (χ1v) is 15.8. The number of hydrogen-bond donors (Lipinski definition) is 1. The number of rotatable bonds is 13. The minimum Gasteiger partial charge on any atom is -0.478 e. The Kier molecular flexibility index (Phi) is 12.4. The Morgan fingerprint density at radius 3 is 2.34 bits per heavy atom. The summed E-state index contributed by atoms with van der Waals surface area (Å²) in [5.41, 5.74) is 3.47. The van der Waals surface area contributed by atoms with Gasteiger partial charge in [-0.1, -0.05) is 109 Å². The lowest BCUT2D eigenvalue weighted by molar-refractivity contribution is -0.126. The van der Waals surface area contributed by atoms with Gasteiger partial charge in [0.25, 0.3) is 11.8 Å². The van der Waals surface area contributed by atoms with Gasteiger partial charge in [-0.15, -0.1) is 6.58 Å². The van der Waals surface area contributed by atoms with E-state index in [9.17, 15) is 14.4 Å². The quantitative estimate of drug-likeness (QED) is 0.0960. The highest BCUT2D eigenvalue weighted by Gasteiger charge is 2.35. The molecular weight excluding hydrogens is 609 g/mol. The molecule has 0 unspecified atom stereocenters. The van der Waals surface area contributed by atoms with E-state index in [1.54, 1.807) is 55.5 Å². The molecule has 0 aromatic heterocycles. The Morgan fingerprint density at radius 2 is 1.74 bits per heavy atom. The van der Waals surface area contributed by atoms with E-state index in [1.807, 2.05) is 66.7 Å². The smallest absolute Gasteiger partial charge is 0.285 e. The van der Waals surface area contributed by atoms with Crippen LogP contribution in [-0.4, -0.2) is 40.1 Å². The van der Waals surface area contributed by atoms with Crippen molar-refractivity contribution in [1.29, 1.82) is 5.26 Å². The minimum absolute atomic E-state index is 0.0812. The molecule has 0 atom stereocenters. The van der Waals surface area contributed by atoms with Gasteiger partial charge in [-0.25, -0.2) is 0 Å². The Balaban J connectivity index is 1.63. The Bertz CT molecular complexity index is 1760. The number of allylic oxidation sites excluding steroid dienone is 5. The van der Waals surface area contributed by atoms with E-state index in [0.717, 1.165) is 28.5 Å². The van der Waals surface area contributed by atoms with Crippen LogP contribution in [0.4, 0.5) is 0 Å². The number of benzene rings is 3. The van der Waals surface area contributed by atoms with Crippen molar-refractivity contribution in [2.45, 2.75) is 19.4 Å². The van der Waals surface area contributed by atoms with Crippen LogP contribution >= 0.6 is 11.8 Å². The summed E-state index contributed by atoms with van der Waals surface area (Å²) in [7, 11) is 0. The topological polar surface area (TPSA) is 112 Å². The van der Waals surface area contributed by atoms with Crippen LogP contribution < -0.4 is 10.1 Å². The van der Waals surface area contributed by atoms with E-state index in [4.69, 9.17) is 10.00 Å². The second-order valence-corrected chi connectivity index (χ2v) is 11.1. The molecule has 1 aliphatic rings. The van der Waals surface area contributed by atoms with Crippen LogP contribution in [0.5, 0.6) is 5.75 Å². The van der Waals surface area contributed by atoms with E-state index in [0.29, 0.717) is 23.4 Å². The lowest BCUT2D eigenvalue weighted by Crippen LogP contribution is -2.42. The van der Waals surface area contributed by atoms with Crippen molar-refractivity contribution in [3.05, 3.63) is 156 Å². The molecule has 3 aromatic rings. The highest BCUT2D eigenvalue weighted by molar-refractivity contribution is 8.14. The number of carbonyl (C=O) groups excluding carboxylic acids is 3. The van der Waals surface area contributed by atoms with Gasteiger partial charge in [-0.05, 0) is 59.9 Å². The average Bonchev–Trinajstić information content (AvgIpc) is 3.09. The van der Waals surface area contributed by atoms with Crippen molar-refractivity contribution in [3.8, 4) is 11.8 Å². The second-order valence-electron chi connectivity index (χ2n) is 10.1. The number of thioether (sulfide) groups is 1. The third kappa shape index (κ3) is 8.93. The van der Waals surface area contributed by atoms with E-state index >= 15 is 0 Å². The van der Waals surface area contributed by atoms with Crippen molar-refractivity contribution in [2.75, 3.05) is 12.4 Å². The molecule has 8 nitrogen and oxygen atoms in total. The first-order chi connectivity index (χ1) is 22.9. The molecule has 0 radical (unpaired) electrons. The zero-order valence-electron chi connectivity index (χ0n) is 26.0. The SMILES string of the molecule is C=C/C=C\C(=C/C)N1C(=O)/C(=C/c2ccc(OCC#N)c(CC=C)c2)C(=O)N=C1SCC(=O)NC(c1ccccc1)c1ccccc1. The zero-order valence-corrected chi connectivity index (χ0v) is 26.8. The maximum Gasteiger partial charge on any atom is 0.285 e. The maximum absolute atomic E-state index is 14.0. The molecule has 9 heteroatoms. The fourth-order valence-electron chi connectivity index (χ4n) is 4.81. The highest BCUT2D eigenvalue weighted by Crippen LogP contribution is 2.28. The maximum atomic E-state index is 14.0. The molecule has 1 N–H and O–H groups in total. The molecule has 0 saturated carbocycles. The molecule has 3 aromatic carbocycles.